The number of methoxy groups -OCH3 is 1. The van der Waals surface area contributed by atoms with E-state index in [1.54, 1.807) is 7.11 Å². The molecule has 1 aromatic carbocycles. The van der Waals surface area contributed by atoms with Gasteiger partial charge in [-0.05, 0) is 17.7 Å². The fourth-order valence-corrected chi connectivity index (χ4v) is 2.16. The molecule has 1 aromatic heterocycles. The molecule has 112 valence electrons. The quantitative estimate of drug-likeness (QED) is 0.801. The van der Waals surface area contributed by atoms with E-state index in [4.69, 9.17) is 14.2 Å². The summed E-state index contributed by atoms with van der Waals surface area (Å²) in [6, 6.07) is 3.92. The lowest BCUT2D eigenvalue weighted by atomic mass is 10.1. The van der Waals surface area contributed by atoms with Crippen LogP contribution in [0, 0.1) is 0 Å². The summed E-state index contributed by atoms with van der Waals surface area (Å²) in [5, 5.41) is 7.09. The summed E-state index contributed by atoms with van der Waals surface area (Å²) < 4.78 is 21.2. The number of benzene rings is 1. The maximum Gasteiger partial charge on any atom is 0.213 e. The van der Waals surface area contributed by atoms with E-state index in [1.807, 2.05) is 12.1 Å². The number of rotatable bonds is 6. The van der Waals surface area contributed by atoms with Gasteiger partial charge in [0, 0.05) is 19.5 Å². The van der Waals surface area contributed by atoms with Gasteiger partial charge in [-0.1, -0.05) is 5.16 Å². The second-order valence-corrected chi connectivity index (χ2v) is 4.60. The minimum atomic E-state index is 0.547. The Balaban J connectivity index is 1.60. The van der Waals surface area contributed by atoms with Crippen LogP contribution in [0.4, 0.5) is 0 Å². The molecule has 0 saturated carbocycles. The van der Waals surface area contributed by atoms with Gasteiger partial charge in [0.15, 0.2) is 17.3 Å². The van der Waals surface area contributed by atoms with Gasteiger partial charge >= 0.3 is 0 Å². The van der Waals surface area contributed by atoms with E-state index in [9.17, 15) is 0 Å². The molecule has 3 rings (SSSR count). The van der Waals surface area contributed by atoms with E-state index in [0.717, 1.165) is 24.3 Å². The monoisotopic (exact) mass is 291 g/mol. The minimum Gasteiger partial charge on any atom is -0.493 e. The lowest BCUT2D eigenvalue weighted by Gasteiger charge is -2.21. The highest BCUT2D eigenvalue weighted by atomic mass is 16.6. The van der Waals surface area contributed by atoms with E-state index >= 15 is 0 Å². The van der Waals surface area contributed by atoms with Crippen molar-refractivity contribution in [3.05, 3.63) is 29.9 Å². The highest BCUT2D eigenvalue weighted by molar-refractivity contribution is 5.54. The summed E-state index contributed by atoms with van der Waals surface area (Å²) in [6.07, 6.45) is 2.05. The SMILES string of the molecule is COc1cc(CNCCc2ncon2)cc2c1OCCO2. The summed E-state index contributed by atoms with van der Waals surface area (Å²) in [5.74, 6) is 2.80. The maximum absolute atomic E-state index is 5.61. The molecular weight excluding hydrogens is 274 g/mol. The van der Waals surface area contributed by atoms with Gasteiger partial charge in [0.25, 0.3) is 0 Å². The molecule has 0 saturated heterocycles. The number of nitrogens with one attached hydrogen (secondary N) is 1. The van der Waals surface area contributed by atoms with E-state index < -0.39 is 0 Å². The summed E-state index contributed by atoms with van der Waals surface area (Å²) in [4.78, 5) is 3.97. The Hall–Kier alpha value is -2.28. The van der Waals surface area contributed by atoms with Crippen molar-refractivity contribution in [3.8, 4) is 17.2 Å². The molecule has 1 aliphatic heterocycles. The van der Waals surface area contributed by atoms with Gasteiger partial charge < -0.3 is 24.1 Å². The normalized spacial score (nSPS) is 13.2. The molecule has 2 aromatic rings. The smallest absolute Gasteiger partial charge is 0.213 e. The fourth-order valence-electron chi connectivity index (χ4n) is 2.16. The highest BCUT2D eigenvalue weighted by Gasteiger charge is 2.18. The summed E-state index contributed by atoms with van der Waals surface area (Å²) in [5.41, 5.74) is 1.07. The van der Waals surface area contributed by atoms with Crippen molar-refractivity contribution in [3.63, 3.8) is 0 Å². The van der Waals surface area contributed by atoms with Crippen LogP contribution in [-0.4, -0.2) is 37.0 Å². The Morgan fingerprint density at radius 2 is 2.19 bits per heavy atom. The van der Waals surface area contributed by atoms with Crippen LogP contribution in [-0.2, 0) is 13.0 Å². The Kier molecular flexibility index (Phi) is 4.20. The molecule has 0 unspecified atom stereocenters. The predicted molar refractivity (Wildman–Crippen MR) is 73.7 cm³/mol. The van der Waals surface area contributed by atoms with Crippen LogP contribution < -0.4 is 19.5 Å². The van der Waals surface area contributed by atoms with Crippen molar-refractivity contribution in [2.75, 3.05) is 26.9 Å². The molecule has 7 nitrogen and oxygen atoms in total. The van der Waals surface area contributed by atoms with Crippen molar-refractivity contribution in [2.24, 2.45) is 0 Å². The molecule has 7 heteroatoms. The lowest BCUT2D eigenvalue weighted by Crippen LogP contribution is -2.19. The average molecular weight is 291 g/mol. The molecule has 1 N–H and O–H groups in total. The zero-order chi connectivity index (χ0) is 14.5. The molecule has 0 atom stereocenters. The number of fused-ring (bicyclic) bond motifs is 1. The van der Waals surface area contributed by atoms with Crippen LogP contribution in [0.2, 0.25) is 0 Å². The van der Waals surface area contributed by atoms with Crippen LogP contribution in [0.3, 0.4) is 0 Å². The number of hydrogen-bond acceptors (Lipinski definition) is 7. The van der Waals surface area contributed by atoms with E-state index in [2.05, 4.69) is 20.0 Å². The molecule has 21 heavy (non-hydrogen) atoms. The lowest BCUT2D eigenvalue weighted by molar-refractivity contribution is 0.165. The number of hydrogen-bond donors (Lipinski definition) is 1. The minimum absolute atomic E-state index is 0.547. The molecular formula is C14H17N3O4. The van der Waals surface area contributed by atoms with E-state index in [-0.39, 0.29) is 0 Å². The van der Waals surface area contributed by atoms with Crippen LogP contribution in [0.5, 0.6) is 17.2 Å². The molecule has 0 fully saturated rings. The standard InChI is InChI=1S/C14H17N3O4/c1-18-11-6-10(7-12-14(11)20-5-4-19-12)8-15-3-2-13-16-9-21-17-13/h6-7,9,15H,2-5,8H2,1H3. The third kappa shape index (κ3) is 3.25. The first-order valence-corrected chi connectivity index (χ1v) is 6.79. The van der Waals surface area contributed by atoms with Crippen molar-refractivity contribution in [1.29, 1.82) is 0 Å². The molecule has 0 spiro atoms. The second kappa shape index (κ2) is 6.45. The largest absolute Gasteiger partial charge is 0.493 e. The van der Waals surface area contributed by atoms with Crippen molar-refractivity contribution >= 4 is 0 Å². The van der Waals surface area contributed by atoms with Crippen LogP contribution in [0.15, 0.2) is 23.0 Å². The van der Waals surface area contributed by atoms with Crippen LogP contribution in [0.1, 0.15) is 11.4 Å². The average Bonchev–Trinajstić information content (AvgIpc) is 3.04. The van der Waals surface area contributed by atoms with Crippen LogP contribution in [0.25, 0.3) is 0 Å². The molecule has 0 radical (unpaired) electrons. The summed E-state index contributed by atoms with van der Waals surface area (Å²) in [7, 11) is 1.63. The van der Waals surface area contributed by atoms with Crippen molar-refractivity contribution in [1.82, 2.24) is 15.5 Å². The van der Waals surface area contributed by atoms with Crippen molar-refractivity contribution < 1.29 is 18.7 Å². The third-order valence-electron chi connectivity index (χ3n) is 3.15. The topological polar surface area (TPSA) is 78.6 Å². The van der Waals surface area contributed by atoms with Crippen molar-refractivity contribution in [2.45, 2.75) is 13.0 Å². The van der Waals surface area contributed by atoms with Gasteiger partial charge in [-0.25, -0.2) is 0 Å². The second-order valence-electron chi connectivity index (χ2n) is 4.60. The molecule has 0 bridgehead atoms. The summed E-state index contributed by atoms with van der Waals surface area (Å²) >= 11 is 0. The molecule has 0 aliphatic carbocycles. The fraction of sp³-hybridized carbons (Fsp3) is 0.429. The molecule has 1 aliphatic rings. The molecule has 0 amide bonds. The first-order valence-electron chi connectivity index (χ1n) is 6.79. The Labute approximate surface area is 122 Å². The van der Waals surface area contributed by atoms with Gasteiger partial charge in [-0.2, -0.15) is 4.98 Å². The molecule has 2 heterocycles. The van der Waals surface area contributed by atoms with Gasteiger partial charge in [0.05, 0.1) is 7.11 Å². The zero-order valence-electron chi connectivity index (χ0n) is 11.8. The Bertz CT molecular complexity index is 569. The maximum atomic E-state index is 5.61. The predicted octanol–water partition coefficient (Wildman–Crippen LogP) is 1.18. The Morgan fingerprint density at radius 3 is 3.00 bits per heavy atom. The third-order valence-corrected chi connectivity index (χ3v) is 3.15. The first kappa shape index (κ1) is 13.7. The first-order chi connectivity index (χ1) is 10.4. The van der Waals surface area contributed by atoms with Gasteiger partial charge in [-0.3, -0.25) is 0 Å². The number of ether oxygens (including phenoxy) is 3. The van der Waals surface area contributed by atoms with Gasteiger partial charge in [-0.15, -0.1) is 0 Å². The van der Waals surface area contributed by atoms with E-state index in [0.29, 0.717) is 37.1 Å². The highest BCUT2D eigenvalue weighted by Crippen LogP contribution is 2.40. The van der Waals surface area contributed by atoms with Gasteiger partial charge in [0.1, 0.15) is 13.2 Å². The van der Waals surface area contributed by atoms with E-state index in [1.165, 1.54) is 6.39 Å². The Morgan fingerprint density at radius 1 is 1.29 bits per heavy atom. The number of aromatic nitrogens is 2. The summed E-state index contributed by atoms with van der Waals surface area (Å²) in [6.45, 7) is 2.57. The van der Waals surface area contributed by atoms with Crippen LogP contribution >= 0.6 is 0 Å². The number of nitrogens with zero attached hydrogens (tertiary/aromatic N) is 2. The van der Waals surface area contributed by atoms with Gasteiger partial charge in [0.2, 0.25) is 12.1 Å². The zero-order valence-corrected chi connectivity index (χ0v) is 11.8.